The van der Waals surface area contributed by atoms with Gasteiger partial charge in [0.15, 0.2) is 0 Å². The largest absolute Gasteiger partial charge is 0.507 e. The molecule has 2 nitrogen and oxygen atoms in total. The predicted octanol–water partition coefficient (Wildman–Crippen LogP) is 2.35. The monoisotopic (exact) mass is 217 g/mol. The quantitative estimate of drug-likeness (QED) is 0.757. The lowest BCUT2D eigenvalue weighted by molar-refractivity contribution is 0.449. The van der Waals surface area contributed by atoms with E-state index in [1.54, 1.807) is 0 Å². The Morgan fingerprint density at radius 3 is 2.88 bits per heavy atom. The fourth-order valence-corrected chi connectivity index (χ4v) is 3.08. The molecule has 1 aliphatic carbocycles. The highest BCUT2D eigenvalue weighted by Gasteiger charge is 2.23. The third-order valence-corrected chi connectivity index (χ3v) is 4.03. The molecule has 1 aromatic carbocycles. The van der Waals surface area contributed by atoms with Gasteiger partial charge in [-0.25, -0.2) is 0 Å². The zero-order valence-electron chi connectivity index (χ0n) is 9.63. The van der Waals surface area contributed by atoms with Crippen LogP contribution >= 0.6 is 0 Å². The summed E-state index contributed by atoms with van der Waals surface area (Å²) in [5.74, 6) is 1.12. The van der Waals surface area contributed by atoms with E-state index in [0.717, 1.165) is 32.4 Å². The first kappa shape index (κ1) is 10.2. The summed E-state index contributed by atoms with van der Waals surface area (Å²) in [5, 5.41) is 13.7. The Labute approximate surface area is 96.7 Å². The summed E-state index contributed by atoms with van der Waals surface area (Å²) < 4.78 is 0. The van der Waals surface area contributed by atoms with Crippen LogP contribution in [0, 0.1) is 0 Å². The van der Waals surface area contributed by atoms with Crippen LogP contribution in [0.25, 0.3) is 0 Å². The van der Waals surface area contributed by atoms with Gasteiger partial charge < -0.3 is 10.4 Å². The van der Waals surface area contributed by atoms with Gasteiger partial charge in [0.1, 0.15) is 5.75 Å². The van der Waals surface area contributed by atoms with Gasteiger partial charge in [0.05, 0.1) is 0 Å². The second kappa shape index (κ2) is 4.10. The molecule has 2 N–H and O–H groups in total. The summed E-state index contributed by atoms with van der Waals surface area (Å²) >= 11 is 0. The lowest BCUT2D eigenvalue weighted by atomic mass is 9.86. The van der Waals surface area contributed by atoms with Crippen molar-refractivity contribution in [2.75, 3.05) is 13.1 Å². The Morgan fingerprint density at radius 1 is 1.19 bits per heavy atom. The van der Waals surface area contributed by atoms with Gasteiger partial charge in [-0.15, -0.1) is 0 Å². The van der Waals surface area contributed by atoms with Crippen LogP contribution in [0.2, 0.25) is 0 Å². The molecule has 1 aromatic rings. The molecule has 1 aliphatic heterocycles. The molecule has 1 fully saturated rings. The van der Waals surface area contributed by atoms with Gasteiger partial charge >= 0.3 is 0 Å². The minimum Gasteiger partial charge on any atom is -0.507 e. The predicted molar refractivity (Wildman–Crippen MR) is 65.0 cm³/mol. The Balaban J connectivity index is 1.99. The third-order valence-electron chi connectivity index (χ3n) is 4.03. The van der Waals surface area contributed by atoms with Crippen molar-refractivity contribution in [1.82, 2.24) is 5.32 Å². The fourth-order valence-electron chi connectivity index (χ4n) is 3.08. The van der Waals surface area contributed by atoms with Crippen LogP contribution in [-0.4, -0.2) is 18.2 Å². The van der Waals surface area contributed by atoms with E-state index in [0.29, 0.717) is 11.7 Å². The molecule has 0 radical (unpaired) electrons. The standard InChI is InChI=1S/C14H19NO/c16-14-12-4-2-1-3-10(12)5-6-13(14)11-7-8-15-9-11/h5-6,11,15-16H,1-4,7-9H2. The number of benzene rings is 1. The molecule has 1 saturated heterocycles. The number of nitrogens with one attached hydrogen (secondary N) is 1. The number of rotatable bonds is 1. The summed E-state index contributed by atoms with van der Waals surface area (Å²) in [6.07, 6.45) is 5.87. The Hall–Kier alpha value is -1.02. The molecular formula is C14H19NO. The lowest BCUT2D eigenvalue weighted by Crippen LogP contribution is -2.10. The highest BCUT2D eigenvalue weighted by molar-refractivity contribution is 5.48. The molecule has 0 spiro atoms. The minimum absolute atomic E-state index is 0.521. The van der Waals surface area contributed by atoms with Crippen LogP contribution in [0.4, 0.5) is 0 Å². The number of fused-ring (bicyclic) bond motifs is 1. The number of hydrogen-bond acceptors (Lipinski definition) is 2. The second-order valence-corrected chi connectivity index (χ2v) is 5.04. The number of hydrogen-bond donors (Lipinski definition) is 2. The highest BCUT2D eigenvalue weighted by atomic mass is 16.3. The molecule has 86 valence electrons. The first-order valence-corrected chi connectivity index (χ1v) is 6.40. The first-order chi connectivity index (χ1) is 7.86. The molecule has 0 aromatic heterocycles. The first-order valence-electron chi connectivity index (χ1n) is 6.40. The molecule has 1 heterocycles. The Bertz CT molecular complexity index is 394. The van der Waals surface area contributed by atoms with Gasteiger partial charge in [-0.05, 0) is 55.3 Å². The average molecular weight is 217 g/mol. The second-order valence-electron chi connectivity index (χ2n) is 5.04. The van der Waals surface area contributed by atoms with E-state index in [2.05, 4.69) is 17.4 Å². The normalized spacial score (nSPS) is 24.4. The van der Waals surface area contributed by atoms with Gasteiger partial charge in [-0.1, -0.05) is 12.1 Å². The van der Waals surface area contributed by atoms with E-state index in [1.165, 1.54) is 29.5 Å². The molecule has 0 saturated carbocycles. The Kier molecular flexibility index (Phi) is 2.60. The highest BCUT2D eigenvalue weighted by Crippen LogP contribution is 2.37. The summed E-state index contributed by atoms with van der Waals surface area (Å²) in [6, 6.07) is 4.39. The summed E-state index contributed by atoms with van der Waals surface area (Å²) in [7, 11) is 0. The number of aromatic hydroxyl groups is 1. The van der Waals surface area contributed by atoms with E-state index < -0.39 is 0 Å². The van der Waals surface area contributed by atoms with Crippen molar-refractivity contribution in [2.45, 2.75) is 38.0 Å². The maximum atomic E-state index is 10.4. The van der Waals surface area contributed by atoms with E-state index in [1.807, 2.05) is 0 Å². The van der Waals surface area contributed by atoms with Gasteiger partial charge in [0.25, 0.3) is 0 Å². The molecule has 2 heteroatoms. The third kappa shape index (κ3) is 1.61. The van der Waals surface area contributed by atoms with E-state index in [9.17, 15) is 5.11 Å². The molecule has 0 bridgehead atoms. The molecule has 1 atom stereocenters. The number of phenols is 1. The van der Waals surface area contributed by atoms with Crippen molar-refractivity contribution in [3.05, 3.63) is 28.8 Å². The summed E-state index contributed by atoms with van der Waals surface area (Å²) in [5.41, 5.74) is 3.78. The smallest absolute Gasteiger partial charge is 0.122 e. The topological polar surface area (TPSA) is 32.3 Å². The lowest BCUT2D eigenvalue weighted by Gasteiger charge is -2.21. The van der Waals surface area contributed by atoms with Gasteiger partial charge in [0.2, 0.25) is 0 Å². The van der Waals surface area contributed by atoms with E-state index in [-0.39, 0.29) is 0 Å². The van der Waals surface area contributed by atoms with Crippen molar-refractivity contribution < 1.29 is 5.11 Å². The van der Waals surface area contributed by atoms with Crippen LogP contribution in [-0.2, 0) is 12.8 Å². The van der Waals surface area contributed by atoms with Crippen LogP contribution in [0.3, 0.4) is 0 Å². The SMILES string of the molecule is Oc1c(C2CCNC2)ccc2c1CCCC2. The van der Waals surface area contributed by atoms with E-state index >= 15 is 0 Å². The molecule has 16 heavy (non-hydrogen) atoms. The van der Waals surface area contributed by atoms with Crippen LogP contribution in [0.5, 0.6) is 5.75 Å². The zero-order valence-corrected chi connectivity index (χ0v) is 9.63. The van der Waals surface area contributed by atoms with Crippen molar-refractivity contribution in [3.8, 4) is 5.75 Å². The summed E-state index contributed by atoms with van der Waals surface area (Å²) in [4.78, 5) is 0. The number of phenolic OH excluding ortho intramolecular Hbond substituents is 1. The number of aryl methyl sites for hydroxylation is 1. The molecule has 2 aliphatic rings. The van der Waals surface area contributed by atoms with Crippen LogP contribution in [0.15, 0.2) is 12.1 Å². The van der Waals surface area contributed by atoms with Crippen molar-refractivity contribution in [1.29, 1.82) is 0 Å². The minimum atomic E-state index is 0.521. The molecule has 3 rings (SSSR count). The van der Waals surface area contributed by atoms with Crippen molar-refractivity contribution >= 4 is 0 Å². The van der Waals surface area contributed by atoms with Crippen LogP contribution < -0.4 is 5.32 Å². The van der Waals surface area contributed by atoms with Crippen LogP contribution in [0.1, 0.15) is 41.9 Å². The van der Waals surface area contributed by atoms with Gasteiger partial charge in [-0.3, -0.25) is 0 Å². The average Bonchev–Trinajstić information content (AvgIpc) is 2.83. The van der Waals surface area contributed by atoms with Crippen molar-refractivity contribution in [2.24, 2.45) is 0 Å². The summed E-state index contributed by atoms with van der Waals surface area (Å²) in [6.45, 7) is 2.10. The molecule has 1 unspecified atom stereocenters. The van der Waals surface area contributed by atoms with Crippen molar-refractivity contribution in [3.63, 3.8) is 0 Å². The molecule has 0 amide bonds. The zero-order chi connectivity index (χ0) is 11.0. The molecular weight excluding hydrogens is 198 g/mol. The van der Waals surface area contributed by atoms with E-state index in [4.69, 9.17) is 0 Å². The van der Waals surface area contributed by atoms with Gasteiger partial charge in [0, 0.05) is 12.5 Å². The van der Waals surface area contributed by atoms with Gasteiger partial charge in [-0.2, -0.15) is 0 Å². The Morgan fingerprint density at radius 2 is 2.06 bits per heavy atom. The fraction of sp³-hybridized carbons (Fsp3) is 0.571. The maximum absolute atomic E-state index is 10.4. The maximum Gasteiger partial charge on any atom is 0.122 e.